The first-order valence-electron chi connectivity index (χ1n) is 8.36. The summed E-state index contributed by atoms with van der Waals surface area (Å²) in [6.45, 7) is 5.56. The molecule has 0 bridgehead atoms. The smallest absolute Gasteiger partial charge is 0.0587 e. The molecule has 1 aromatic carbocycles. The summed E-state index contributed by atoms with van der Waals surface area (Å²) < 4.78 is 0. The average molecular weight is 290 g/mol. The molecule has 0 aliphatic carbocycles. The van der Waals surface area contributed by atoms with Crippen molar-refractivity contribution in [3.8, 4) is 0 Å². The van der Waals surface area contributed by atoms with Gasteiger partial charge in [0.25, 0.3) is 0 Å². The third-order valence-electron chi connectivity index (χ3n) is 4.75. The van der Waals surface area contributed by atoms with Gasteiger partial charge in [0, 0.05) is 12.1 Å². The lowest BCUT2D eigenvalue weighted by molar-refractivity contribution is 0.0714. The first-order valence-corrected chi connectivity index (χ1v) is 8.36. The van der Waals surface area contributed by atoms with E-state index in [1.165, 1.54) is 30.4 Å². The Balaban J connectivity index is 2.33. The Hall–Kier alpha value is -0.900. The van der Waals surface area contributed by atoms with Crippen LogP contribution in [0.4, 0.5) is 0 Å². The molecule has 1 fully saturated rings. The highest BCUT2D eigenvalue weighted by molar-refractivity contribution is 5.26. The van der Waals surface area contributed by atoms with Crippen LogP contribution in [0, 0.1) is 6.92 Å². The standard InChI is InChI=1S/C18H30N2O/c1-3-17(19)18(15-9-7-8-14(2)12-15)20-11-6-4-5-10-16(20)13-21/h7-9,12,16-18,21H,3-6,10-11,13,19H2,1-2H3. The molecule has 0 radical (unpaired) electrons. The summed E-state index contributed by atoms with van der Waals surface area (Å²) in [6, 6.07) is 9.25. The summed E-state index contributed by atoms with van der Waals surface area (Å²) in [5.74, 6) is 0. The highest BCUT2D eigenvalue weighted by Gasteiger charge is 2.31. The molecular formula is C18H30N2O. The molecule has 1 aliphatic heterocycles. The minimum atomic E-state index is 0.110. The first kappa shape index (κ1) is 16.5. The molecule has 0 saturated carbocycles. The maximum atomic E-state index is 9.81. The minimum Gasteiger partial charge on any atom is -0.395 e. The normalized spacial score (nSPS) is 23.5. The van der Waals surface area contributed by atoms with Crippen molar-refractivity contribution in [2.75, 3.05) is 13.2 Å². The fraction of sp³-hybridized carbons (Fsp3) is 0.667. The van der Waals surface area contributed by atoms with E-state index >= 15 is 0 Å². The molecule has 0 spiro atoms. The van der Waals surface area contributed by atoms with Crippen LogP contribution in [0.3, 0.4) is 0 Å². The second kappa shape index (κ2) is 7.92. The number of nitrogens with zero attached hydrogens (tertiary/aromatic N) is 1. The van der Waals surface area contributed by atoms with E-state index in [0.717, 1.165) is 19.4 Å². The Morgan fingerprint density at radius 3 is 2.81 bits per heavy atom. The van der Waals surface area contributed by atoms with Gasteiger partial charge in [-0.1, -0.05) is 49.6 Å². The molecule has 1 heterocycles. The van der Waals surface area contributed by atoms with Crippen LogP contribution in [0.5, 0.6) is 0 Å². The monoisotopic (exact) mass is 290 g/mol. The van der Waals surface area contributed by atoms with Gasteiger partial charge in [-0.05, 0) is 38.3 Å². The number of hydrogen-bond donors (Lipinski definition) is 2. The van der Waals surface area contributed by atoms with Gasteiger partial charge in [0.15, 0.2) is 0 Å². The summed E-state index contributed by atoms with van der Waals surface area (Å²) >= 11 is 0. The first-order chi connectivity index (χ1) is 10.2. The number of likely N-dealkylation sites (tertiary alicyclic amines) is 1. The second-order valence-electron chi connectivity index (χ2n) is 6.35. The van der Waals surface area contributed by atoms with Crippen molar-refractivity contribution in [2.24, 2.45) is 5.73 Å². The molecular weight excluding hydrogens is 260 g/mol. The van der Waals surface area contributed by atoms with Crippen LogP contribution in [0.25, 0.3) is 0 Å². The number of hydrogen-bond acceptors (Lipinski definition) is 3. The van der Waals surface area contributed by atoms with Crippen LogP contribution in [-0.4, -0.2) is 35.2 Å². The number of aryl methyl sites for hydroxylation is 1. The van der Waals surface area contributed by atoms with Gasteiger partial charge in [-0.3, -0.25) is 4.90 Å². The Morgan fingerprint density at radius 1 is 1.33 bits per heavy atom. The van der Waals surface area contributed by atoms with Gasteiger partial charge in [-0.15, -0.1) is 0 Å². The lowest BCUT2D eigenvalue weighted by atomic mass is 9.93. The predicted molar refractivity (Wildman–Crippen MR) is 88.2 cm³/mol. The summed E-state index contributed by atoms with van der Waals surface area (Å²) in [5.41, 5.74) is 9.05. The zero-order valence-corrected chi connectivity index (χ0v) is 13.5. The van der Waals surface area contributed by atoms with Gasteiger partial charge >= 0.3 is 0 Å². The zero-order valence-electron chi connectivity index (χ0n) is 13.5. The Morgan fingerprint density at radius 2 is 2.14 bits per heavy atom. The number of aliphatic hydroxyl groups excluding tert-OH is 1. The highest BCUT2D eigenvalue weighted by atomic mass is 16.3. The maximum Gasteiger partial charge on any atom is 0.0587 e. The fourth-order valence-corrected chi connectivity index (χ4v) is 3.52. The molecule has 3 nitrogen and oxygen atoms in total. The van der Waals surface area contributed by atoms with Crippen LogP contribution < -0.4 is 5.73 Å². The lowest BCUT2D eigenvalue weighted by Gasteiger charge is -2.39. The summed E-state index contributed by atoms with van der Waals surface area (Å²) in [7, 11) is 0. The third-order valence-corrected chi connectivity index (χ3v) is 4.75. The van der Waals surface area contributed by atoms with Crippen LogP contribution in [0.15, 0.2) is 24.3 Å². The quantitative estimate of drug-likeness (QED) is 0.876. The molecule has 3 atom stereocenters. The van der Waals surface area contributed by atoms with Crippen LogP contribution in [-0.2, 0) is 0 Å². The van der Waals surface area contributed by atoms with Crippen molar-refractivity contribution < 1.29 is 5.11 Å². The van der Waals surface area contributed by atoms with Crippen molar-refractivity contribution in [1.82, 2.24) is 4.90 Å². The SMILES string of the molecule is CCC(N)C(c1cccc(C)c1)N1CCCCCC1CO. The van der Waals surface area contributed by atoms with E-state index < -0.39 is 0 Å². The average Bonchev–Trinajstić information content (AvgIpc) is 2.73. The lowest BCUT2D eigenvalue weighted by Crippen LogP contribution is -2.47. The van der Waals surface area contributed by atoms with Gasteiger partial charge < -0.3 is 10.8 Å². The Bertz CT molecular complexity index is 435. The predicted octanol–water partition coefficient (Wildman–Crippen LogP) is 3.01. The Kier molecular flexibility index (Phi) is 6.22. The van der Waals surface area contributed by atoms with Gasteiger partial charge in [0.05, 0.1) is 12.6 Å². The van der Waals surface area contributed by atoms with E-state index in [2.05, 4.69) is 43.0 Å². The molecule has 21 heavy (non-hydrogen) atoms. The summed E-state index contributed by atoms with van der Waals surface area (Å²) in [4.78, 5) is 2.47. The van der Waals surface area contributed by atoms with Crippen LogP contribution >= 0.6 is 0 Å². The van der Waals surface area contributed by atoms with E-state index in [1.807, 2.05) is 0 Å². The van der Waals surface area contributed by atoms with Gasteiger partial charge in [0.1, 0.15) is 0 Å². The number of rotatable bonds is 5. The molecule has 118 valence electrons. The van der Waals surface area contributed by atoms with Gasteiger partial charge in [0.2, 0.25) is 0 Å². The van der Waals surface area contributed by atoms with Crippen molar-refractivity contribution in [1.29, 1.82) is 0 Å². The van der Waals surface area contributed by atoms with Gasteiger partial charge in [-0.2, -0.15) is 0 Å². The molecule has 3 unspecified atom stereocenters. The van der Waals surface area contributed by atoms with Crippen molar-refractivity contribution in [3.63, 3.8) is 0 Å². The summed E-state index contributed by atoms with van der Waals surface area (Å²) in [6.07, 6.45) is 5.70. The largest absolute Gasteiger partial charge is 0.395 e. The van der Waals surface area contributed by atoms with Crippen LogP contribution in [0.2, 0.25) is 0 Å². The molecule has 3 heteroatoms. The zero-order chi connectivity index (χ0) is 15.2. The number of benzene rings is 1. The Labute approximate surface area is 129 Å². The number of nitrogens with two attached hydrogens (primary N) is 1. The number of aliphatic hydroxyl groups is 1. The van der Waals surface area contributed by atoms with Crippen molar-refractivity contribution in [3.05, 3.63) is 35.4 Å². The molecule has 1 saturated heterocycles. The van der Waals surface area contributed by atoms with Gasteiger partial charge in [-0.25, -0.2) is 0 Å². The van der Waals surface area contributed by atoms with Crippen molar-refractivity contribution >= 4 is 0 Å². The topological polar surface area (TPSA) is 49.5 Å². The highest BCUT2D eigenvalue weighted by Crippen LogP contribution is 2.31. The molecule has 3 N–H and O–H groups in total. The second-order valence-corrected chi connectivity index (χ2v) is 6.35. The van der Waals surface area contributed by atoms with E-state index in [0.29, 0.717) is 0 Å². The van der Waals surface area contributed by atoms with E-state index in [9.17, 15) is 5.11 Å². The molecule has 0 aromatic heterocycles. The summed E-state index contributed by atoms with van der Waals surface area (Å²) in [5, 5.41) is 9.81. The van der Waals surface area contributed by atoms with Crippen molar-refractivity contribution in [2.45, 2.75) is 64.1 Å². The fourth-order valence-electron chi connectivity index (χ4n) is 3.52. The molecule has 0 amide bonds. The van der Waals surface area contributed by atoms with E-state index in [1.54, 1.807) is 0 Å². The minimum absolute atomic E-state index is 0.110. The van der Waals surface area contributed by atoms with Crippen LogP contribution in [0.1, 0.15) is 56.2 Å². The van der Waals surface area contributed by atoms with E-state index in [-0.39, 0.29) is 24.7 Å². The molecule has 2 rings (SSSR count). The molecule has 1 aliphatic rings. The van der Waals surface area contributed by atoms with E-state index in [4.69, 9.17) is 5.73 Å². The molecule has 1 aromatic rings. The maximum absolute atomic E-state index is 9.81. The third kappa shape index (κ3) is 4.06.